The molecule has 1 amide bonds. The van der Waals surface area contributed by atoms with Crippen molar-refractivity contribution in [1.82, 2.24) is 5.32 Å². The molecule has 10 heteroatoms. The van der Waals surface area contributed by atoms with E-state index in [1.807, 2.05) is 0 Å². The molecule has 0 unspecified atom stereocenters. The highest BCUT2D eigenvalue weighted by molar-refractivity contribution is 5.84. The van der Waals surface area contributed by atoms with E-state index in [-0.39, 0.29) is 12.5 Å². The Balaban J connectivity index is 3.00. The molecule has 0 aliphatic carbocycles. The molecule has 27 heavy (non-hydrogen) atoms. The van der Waals surface area contributed by atoms with Crippen molar-refractivity contribution in [3.63, 3.8) is 0 Å². The summed E-state index contributed by atoms with van der Waals surface area (Å²) in [7, 11) is 0. The molecule has 0 aromatic heterocycles. The summed E-state index contributed by atoms with van der Waals surface area (Å²) in [5, 5.41) is 11.2. The Labute approximate surface area is 150 Å². The van der Waals surface area contributed by atoms with Crippen molar-refractivity contribution in [2.75, 3.05) is 0 Å². The largest absolute Gasteiger partial charge is 0.480 e. The predicted octanol–water partition coefficient (Wildman–Crippen LogP) is 4.19. The molecular weight excluding hydrogens is 380 g/mol. The van der Waals surface area contributed by atoms with E-state index in [0.717, 1.165) is 0 Å². The first kappa shape index (κ1) is 22.5. The lowest BCUT2D eigenvalue weighted by Crippen LogP contribution is -2.41. The minimum atomic E-state index is -5.03. The van der Waals surface area contributed by atoms with Crippen LogP contribution < -0.4 is 5.32 Å². The Bertz CT molecular complexity index is 665. The van der Waals surface area contributed by atoms with Gasteiger partial charge in [0.1, 0.15) is 6.04 Å². The molecule has 1 atom stereocenters. The number of alkyl halides is 6. The molecule has 4 nitrogen and oxygen atoms in total. The molecule has 1 rings (SSSR count). The first-order valence-electron chi connectivity index (χ1n) is 7.76. The van der Waals surface area contributed by atoms with Gasteiger partial charge in [-0.3, -0.25) is 4.79 Å². The van der Waals surface area contributed by atoms with Gasteiger partial charge in [-0.05, 0) is 43.0 Å². The van der Waals surface area contributed by atoms with Crippen LogP contribution in [0.5, 0.6) is 0 Å². The summed E-state index contributed by atoms with van der Waals surface area (Å²) in [5.74, 6) is -2.35. The lowest BCUT2D eigenvalue weighted by Gasteiger charge is -2.16. The van der Waals surface area contributed by atoms with E-state index < -0.39 is 53.4 Å². The topological polar surface area (TPSA) is 66.4 Å². The van der Waals surface area contributed by atoms with E-state index in [2.05, 4.69) is 11.9 Å². The molecule has 2 N–H and O–H groups in total. The number of rotatable bonds is 8. The Morgan fingerprint density at radius 1 is 1.07 bits per heavy atom. The van der Waals surface area contributed by atoms with Crippen molar-refractivity contribution in [2.45, 2.75) is 44.1 Å². The Morgan fingerprint density at radius 2 is 1.59 bits per heavy atom. The fourth-order valence-corrected chi connectivity index (χ4v) is 2.28. The van der Waals surface area contributed by atoms with Crippen molar-refractivity contribution in [1.29, 1.82) is 0 Å². The maximum Gasteiger partial charge on any atom is 0.416 e. The second kappa shape index (κ2) is 8.92. The number of aliphatic carboxylic acids is 1. The molecule has 0 aliphatic rings. The quantitative estimate of drug-likeness (QED) is 0.393. The van der Waals surface area contributed by atoms with Crippen LogP contribution in [0.2, 0.25) is 0 Å². The van der Waals surface area contributed by atoms with Crippen molar-refractivity contribution >= 4 is 11.9 Å². The molecule has 0 radical (unpaired) electrons. The van der Waals surface area contributed by atoms with Gasteiger partial charge in [0.2, 0.25) is 5.91 Å². The fraction of sp³-hybridized carbons (Fsp3) is 0.412. The van der Waals surface area contributed by atoms with Crippen LogP contribution in [0.15, 0.2) is 30.9 Å². The van der Waals surface area contributed by atoms with Crippen LogP contribution in [0.4, 0.5) is 26.3 Å². The molecule has 0 heterocycles. The maximum atomic E-state index is 12.8. The smallest absolute Gasteiger partial charge is 0.416 e. The zero-order chi connectivity index (χ0) is 20.8. The molecule has 0 saturated heterocycles. The molecule has 0 fully saturated rings. The number of allylic oxidation sites excluding steroid dienone is 1. The second-order valence-corrected chi connectivity index (χ2v) is 5.77. The first-order chi connectivity index (χ1) is 12.3. The molecule has 1 aromatic carbocycles. The number of halogens is 6. The average molecular weight is 397 g/mol. The summed E-state index contributed by atoms with van der Waals surface area (Å²) in [6.45, 7) is 3.46. The second-order valence-electron chi connectivity index (χ2n) is 5.77. The van der Waals surface area contributed by atoms with Gasteiger partial charge < -0.3 is 10.4 Å². The normalized spacial score (nSPS) is 13.1. The third-order valence-electron chi connectivity index (χ3n) is 3.55. The van der Waals surface area contributed by atoms with E-state index >= 15 is 0 Å². The maximum absolute atomic E-state index is 12.8. The van der Waals surface area contributed by atoms with Crippen LogP contribution in [0.25, 0.3) is 0 Å². The van der Waals surface area contributed by atoms with Crippen LogP contribution in [0.3, 0.4) is 0 Å². The van der Waals surface area contributed by atoms with Gasteiger partial charge in [0, 0.05) is 0 Å². The van der Waals surface area contributed by atoms with E-state index in [4.69, 9.17) is 5.11 Å². The molecule has 0 spiro atoms. The Kier molecular flexibility index (Phi) is 7.44. The van der Waals surface area contributed by atoms with Gasteiger partial charge in [0.25, 0.3) is 0 Å². The SMILES string of the molecule is C=CCCC[C@@H](NC(=O)Cc1cc(C(F)(F)F)cc(C(F)(F)F)c1)C(=O)O. The number of carbonyl (C=O) groups is 2. The highest BCUT2D eigenvalue weighted by Gasteiger charge is 2.37. The minimum Gasteiger partial charge on any atom is -0.480 e. The van der Waals surface area contributed by atoms with Gasteiger partial charge in [-0.2, -0.15) is 26.3 Å². The lowest BCUT2D eigenvalue weighted by molar-refractivity contribution is -0.143. The van der Waals surface area contributed by atoms with Crippen molar-refractivity contribution in [3.05, 3.63) is 47.5 Å². The number of amides is 1. The number of unbranched alkanes of at least 4 members (excludes halogenated alkanes) is 1. The monoisotopic (exact) mass is 397 g/mol. The van der Waals surface area contributed by atoms with Crippen molar-refractivity contribution < 1.29 is 41.0 Å². The molecule has 1 aromatic rings. The number of hydrogen-bond donors (Lipinski definition) is 2. The molecule has 150 valence electrons. The van der Waals surface area contributed by atoms with Gasteiger partial charge >= 0.3 is 18.3 Å². The predicted molar refractivity (Wildman–Crippen MR) is 83.8 cm³/mol. The van der Waals surface area contributed by atoms with E-state index in [1.165, 1.54) is 0 Å². The van der Waals surface area contributed by atoms with Crippen LogP contribution in [-0.4, -0.2) is 23.0 Å². The zero-order valence-corrected chi connectivity index (χ0v) is 14.0. The summed E-state index contributed by atoms with van der Waals surface area (Å²) in [5.41, 5.74) is -3.60. The van der Waals surface area contributed by atoms with E-state index in [9.17, 15) is 35.9 Å². The summed E-state index contributed by atoms with van der Waals surface area (Å²) in [6, 6.07) is -0.480. The van der Waals surface area contributed by atoms with Gasteiger partial charge in [-0.1, -0.05) is 6.08 Å². The van der Waals surface area contributed by atoms with Gasteiger partial charge in [-0.15, -0.1) is 6.58 Å². The van der Waals surface area contributed by atoms with Gasteiger partial charge in [-0.25, -0.2) is 4.79 Å². The van der Waals surface area contributed by atoms with Crippen LogP contribution in [-0.2, 0) is 28.4 Å². The first-order valence-corrected chi connectivity index (χ1v) is 7.76. The Morgan fingerprint density at radius 3 is 2.00 bits per heavy atom. The number of carbonyl (C=O) groups excluding carboxylic acids is 1. The highest BCUT2D eigenvalue weighted by atomic mass is 19.4. The number of carboxylic acid groups (broad SMARTS) is 1. The van der Waals surface area contributed by atoms with Gasteiger partial charge in [0.05, 0.1) is 17.5 Å². The van der Waals surface area contributed by atoms with Crippen LogP contribution in [0, 0.1) is 0 Å². The molecule has 0 saturated carbocycles. The Hall–Kier alpha value is -2.52. The number of nitrogens with one attached hydrogen (secondary N) is 1. The summed E-state index contributed by atoms with van der Waals surface area (Å²) < 4.78 is 76.9. The average Bonchev–Trinajstić information content (AvgIpc) is 2.52. The minimum absolute atomic E-state index is 0.0449. The van der Waals surface area contributed by atoms with Crippen LogP contribution in [0.1, 0.15) is 36.0 Å². The van der Waals surface area contributed by atoms with Crippen molar-refractivity contribution in [2.24, 2.45) is 0 Å². The molecule has 0 aliphatic heterocycles. The van der Waals surface area contributed by atoms with Crippen molar-refractivity contribution in [3.8, 4) is 0 Å². The third-order valence-corrected chi connectivity index (χ3v) is 3.55. The highest BCUT2D eigenvalue weighted by Crippen LogP contribution is 2.36. The standard InChI is InChI=1S/C17H17F6NO3/c1-2-3-4-5-13(15(26)27)24-14(25)8-10-6-11(16(18,19)20)9-12(7-10)17(21,22)23/h2,6-7,9,13H,1,3-5,8H2,(H,24,25)(H,26,27)/t13-/m1/s1. The molecular formula is C17H17F6NO3. The third kappa shape index (κ3) is 7.32. The summed E-state index contributed by atoms with van der Waals surface area (Å²) in [6.07, 6.45) is -8.41. The number of hydrogen-bond acceptors (Lipinski definition) is 2. The molecule has 0 bridgehead atoms. The van der Waals surface area contributed by atoms with Gasteiger partial charge in [0.15, 0.2) is 0 Å². The zero-order valence-electron chi connectivity index (χ0n) is 14.0. The summed E-state index contributed by atoms with van der Waals surface area (Å²) >= 11 is 0. The van der Waals surface area contributed by atoms with E-state index in [0.29, 0.717) is 25.0 Å². The van der Waals surface area contributed by atoms with Crippen LogP contribution >= 0.6 is 0 Å². The summed E-state index contributed by atoms with van der Waals surface area (Å²) in [4.78, 5) is 23.0. The number of carboxylic acids is 1. The van der Waals surface area contributed by atoms with E-state index in [1.54, 1.807) is 6.08 Å². The fourth-order valence-electron chi connectivity index (χ4n) is 2.28. The lowest BCUT2D eigenvalue weighted by atomic mass is 10.0. The number of benzene rings is 1.